The lowest BCUT2D eigenvalue weighted by molar-refractivity contribution is -0.143. The number of amides is 1. The second-order valence-electron chi connectivity index (χ2n) is 4.79. The number of hydrogen-bond acceptors (Lipinski definition) is 6. The molecule has 1 saturated heterocycles. The fourth-order valence-electron chi connectivity index (χ4n) is 2.23. The van der Waals surface area contributed by atoms with Crippen molar-refractivity contribution >= 4 is 17.8 Å². The average Bonchev–Trinajstić information content (AvgIpc) is 2.48. The number of carbonyl (C=O) groups excluding carboxylic acids is 1. The highest BCUT2D eigenvalue weighted by molar-refractivity contribution is 5.78. The van der Waals surface area contributed by atoms with E-state index in [9.17, 15) is 9.59 Å². The van der Waals surface area contributed by atoms with E-state index >= 15 is 0 Å². The molecule has 1 atom stereocenters. The third-order valence-corrected chi connectivity index (χ3v) is 3.08. The van der Waals surface area contributed by atoms with E-state index in [0.717, 1.165) is 19.4 Å². The number of hydrogen-bond donors (Lipinski definition) is 2. The van der Waals surface area contributed by atoms with Gasteiger partial charge < -0.3 is 20.1 Å². The maximum atomic E-state index is 11.7. The molecule has 1 aromatic rings. The van der Waals surface area contributed by atoms with Crippen molar-refractivity contribution in [2.75, 3.05) is 31.2 Å². The molecule has 0 aliphatic carbocycles. The fraction of sp³-hybridized carbons (Fsp3) is 0.538. The van der Waals surface area contributed by atoms with Crippen LogP contribution in [0.3, 0.4) is 0 Å². The fourth-order valence-corrected chi connectivity index (χ4v) is 2.23. The first-order valence-corrected chi connectivity index (χ1v) is 6.76. The van der Waals surface area contributed by atoms with Crippen molar-refractivity contribution in [3.8, 4) is 0 Å². The summed E-state index contributed by atoms with van der Waals surface area (Å²) >= 11 is 0. The van der Waals surface area contributed by atoms with E-state index < -0.39 is 12.6 Å². The maximum absolute atomic E-state index is 11.7. The molecule has 0 radical (unpaired) electrons. The number of carboxylic acids is 1. The Balaban J connectivity index is 1.79. The summed E-state index contributed by atoms with van der Waals surface area (Å²) in [5, 5.41) is 11.3. The van der Waals surface area contributed by atoms with Crippen LogP contribution in [-0.2, 0) is 14.3 Å². The van der Waals surface area contributed by atoms with Gasteiger partial charge in [0, 0.05) is 31.5 Å². The van der Waals surface area contributed by atoms with Crippen LogP contribution in [0.25, 0.3) is 0 Å². The SMILES string of the molecule is O=C(O)COCC(=O)NC1CCCN(c2ncccn2)C1. The Morgan fingerprint density at radius 3 is 2.86 bits per heavy atom. The zero-order chi connectivity index (χ0) is 15.1. The lowest BCUT2D eigenvalue weighted by Gasteiger charge is -2.33. The monoisotopic (exact) mass is 294 g/mol. The van der Waals surface area contributed by atoms with Crippen molar-refractivity contribution in [1.82, 2.24) is 15.3 Å². The Morgan fingerprint density at radius 1 is 1.38 bits per heavy atom. The topological polar surface area (TPSA) is 105 Å². The quantitative estimate of drug-likeness (QED) is 0.739. The summed E-state index contributed by atoms with van der Waals surface area (Å²) < 4.78 is 4.76. The zero-order valence-electron chi connectivity index (χ0n) is 11.6. The lowest BCUT2D eigenvalue weighted by Crippen LogP contribution is -2.49. The molecule has 1 amide bonds. The van der Waals surface area contributed by atoms with Gasteiger partial charge in [-0.2, -0.15) is 0 Å². The lowest BCUT2D eigenvalue weighted by atomic mass is 10.1. The summed E-state index contributed by atoms with van der Waals surface area (Å²) in [4.78, 5) is 32.4. The van der Waals surface area contributed by atoms with Crippen molar-refractivity contribution in [3.05, 3.63) is 18.5 Å². The number of aliphatic carboxylic acids is 1. The first-order chi connectivity index (χ1) is 10.1. The highest BCUT2D eigenvalue weighted by Gasteiger charge is 2.22. The third kappa shape index (κ3) is 4.99. The standard InChI is InChI=1S/C13H18N4O4/c18-11(8-21-9-12(19)20)16-10-3-1-6-17(7-10)13-14-4-2-5-15-13/h2,4-5,10H,1,3,6-9H2,(H,16,18)(H,19,20). The van der Waals surface area contributed by atoms with Crippen LogP contribution in [0.15, 0.2) is 18.5 Å². The van der Waals surface area contributed by atoms with Gasteiger partial charge in [0.15, 0.2) is 0 Å². The Bertz CT molecular complexity index is 482. The number of nitrogens with one attached hydrogen (secondary N) is 1. The van der Waals surface area contributed by atoms with E-state index in [1.807, 2.05) is 4.90 Å². The molecule has 8 nitrogen and oxygen atoms in total. The van der Waals surface area contributed by atoms with Gasteiger partial charge in [0.2, 0.25) is 11.9 Å². The highest BCUT2D eigenvalue weighted by atomic mass is 16.5. The minimum Gasteiger partial charge on any atom is -0.480 e. The maximum Gasteiger partial charge on any atom is 0.329 e. The van der Waals surface area contributed by atoms with Gasteiger partial charge in [-0.1, -0.05) is 0 Å². The molecule has 114 valence electrons. The van der Waals surface area contributed by atoms with Crippen LogP contribution in [0.2, 0.25) is 0 Å². The molecule has 1 fully saturated rings. The summed E-state index contributed by atoms with van der Waals surface area (Å²) in [5.41, 5.74) is 0. The van der Waals surface area contributed by atoms with Crippen molar-refractivity contribution in [3.63, 3.8) is 0 Å². The van der Waals surface area contributed by atoms with E-state index in [1.54, 1.807) is 18.5 Å². The number of aromatic nitrogens is 2. The van der Waals surface area contributed by atoms with Crippen molar-refractivity contribution < 1.29 is 19.4 Å². The molecule has 0 spiro atoms. The summed E-state index contributed by atoms with van der Waals surface area (Å²) in [6.45, 7) is 0.771. The molecular weight excluding hydrogens is 276 g/mol. The number of anilines is 1. The van der Waals surface area contributed by atoms with Crippen LogP contribution >= 0.6 is 0 Å². The first-order valence-electron chi connectivity index (χ1n) is 6.76. The summed E-state index contributed by atoms with van der Waals surface area (Å²) in [6, 6.07) is 1.75. The van der Waals surface area contributed by atoms with Gasteiger partial charge in [0.25, 0.3) is 0 Å². The van der Waals surface area contributed by atoms with Gasteiger partial charge >= 0.3 is 5.97 Å². The van der Waals surface area contributed by atoms with E-state index in [2.05, 4.69) is 15.3 Å². The molecule has 0 aromatic carbocycles. The van der Waals surface area contributed by atoms with Gasteiger partial charge in [-0.3, -0.25) is 4.79 Å². The number of nitrogens with zero attached hydrogens (tertiary/aromatic N) is 3. The molecule has 8 heteroatoms. The minimum absolute atomic E-state index is 0.0107. The third-order valence-electron chi connectivity index (χ3n) is 3.08. The van der Waals surface area contributed by atoms with Crippen LogP contribution in [-0.4, -0.2) is 59.3 Å². The van der Waals surface area contributed by atoms with E-state index in [4.69, 9.17) is 9.84 Å². The number of carboxylic acid groups (broad SMARTS) is 1. The summed E-state index contributed by atoms with van der Waals surface area (Å²) in [7, 11) is 0. The Kier molecular flexibility index (Phi) is 5.44. The predicted octanol–water partition coefficient (Wildman–Crippen LogP) is -0.337. The van der Waals surface area contributed by atoms with Crippen LogP contribution in [0.5, 0.6) is 0 Å². The van der Waals surface area contributed by atoms with Crippen molar-refractivity contribution in [1.29, 1.82) is 0 Å². The second kappa shape index (κ2) is 7.53. The van der Waals surface area contributed by atoms with Gasteiger partial charge in [0.1, 0.15) is 13.2 Å². The average molecular weight is 294 g/mol. The molecule has 2 N–H and O–H groups in total. The molecule has 0 saturated carbocycles. The normalized spacial score (nSPS) is 18.3. The Hall–Kier alpha value is -2.22. The van der Waals surface area contributed by atoms with E-state index in [0.29, 0.717) is 12.5 Å². The van der Waals surface area contributed by atoms with Crippen molar-refractivity contribution in [2.24, 2.45) is 0 Å². The first kappa shape index (κ1) is 15.2. The Morgan fingerprint density at radius 2 is 2.14 bits per heavy atom. The molecule has 2 heterocycles. The zero-order valence-corrected chi connectivity index (χ0v) is 11.6. The second-order valence-corrected chi connectivity index (χ2v) is 4.79. The minimum atomic E-state index is -1.09. The van der Waals surface area contributed by atoms with Gasteiger partial charge in [-0.25, -0.2) is 14.8 Å². The molecule has 1 unspecified atom stereocenters. The van der Waals surface area contributed by atoms with Gasteiger partial charge in [0.05, 0.1) is 0 Å². The molecule has 0 bridgehead atoms. The number of piperidine rings is 1. The molecule has 2 rings (SSSR count). The molecular formula is C13H18N4O4. The van der Waals surface area contributed by atoms with Crippen LogP contribution in [0.4, 0.5) is 5.95 Å². The van der Waals surface area contributed by atoms with Crippen LogP contribution in [0.1, 0.15) is 12.8 Å². The summed E-state index contributed by atoms with van der Waals surface area (Å²) in [5.74, 6) is -0.747. The van der Waals surface area contributed by atoms with Gasteiger partial charge in [-0.15, -0.1) is 0 Å². The van der Waals surface area contributed by atoms with Crippen LogP contribution in [0, 0.1) is 0 Å². The van der Waals surface area contributed by atoms with Gasteiger partial charge in [-0.05, 0) is 18.9 Å². The number of carbonyl (C=O) groups is 2. The van der Waals surface area contributed by atoms with E-state index in [1.165, 1.54) is 0 Å². The van der Waals surface area contributed by atoms with Crippen LogP contribution < -0.4 is 10.2 Å². The van der Waals surface area contributed by atoms with Crippen molar-refractivity contribution in [2.45, 2.75) is 18.9 Å². The highest BCUT2D eigenvalue weighted by Crippen LogP contribution is 2.15. The predicted molar refractivity (Wildman–Crippen MR) is 73.9 cm³/mol. The molecule has 1 aliphatic rings. The summed E-state index contributed by atoms with van der Waals surface area (Å²) in [6.07, 6.45) is 5.17. The number of ether oxygens (including phenoxy) is 1. The molecule has 21 heavy (non-hydrogen) atoms. The smallest absolute Gasteiger partial charge is 0.329 e. The molecule has 1 aromatic heterocycles. The molecule has 1 aliphatic heterocycles. The Labute approximate surface area is 122 Å². The largest absolute Gasteiger partial charge is 0.480 e. The van der Waals surface area contributed by atoms with E-state index in [-0.39, 0.29) is 18.6 Å². The number of rotatable bonds is 6.